The second-order valence-electron chi connectivity index (χ2n) is 4.37. The van der Waals surface area contributed by atoms with Crippen molar-refractivity contribution >= 4 is 11.3 Å². The van der Waals surface area contributed by atoms with Crippen molar-refractivity contribution < 1.29 is 0 Å². The molecule has 1 atom stereocenters. The summed E-state index contributed by atoms with van der Waals surface area (Å²) in [7, 11) is 1.90. The number of rotatable bonds is 6. The zero-order valence-corrected chi connectivity index (χ0v) is 11.6. The predicted octanol–water partition coefficient (Wildman–Crippen LogP) is 1.02. The van der Waals surface area contributed by atoms with Crippen LogP contribution in [0.2, 0.25) is 0 Å². The molecule has 0 saturated heterocycles. The Labute approximate surface area is 111 Å². The minimum Gasteiger partial charge on any atom is -0.323 e. The molecule has 2 aromatic heterocycles. The molecule has 0 spiro atoms. The van der Waals surface area contributed by atoms with E-state index >= 15 is 0 Å². The summed E-state index contributed by atoms with van der Waals surface area (Å²) >= 11 is 1.69. The largest absolute Gasteiger partial charge is 0.323 e. The highest BCUT2D eigenvalue weighted by atomic mass is 32.1. The van der Waals surface area contributed by atoms with Gasteiger partial charge in [-0.25, -0.2) is 4.98 Å². The third-order valence-electron chi connectivity index (χ3n) is 2.74. The Balaban J connectivity index is 1.69. The number of thiazole rings is 1. The van der Waals surface area contributed by atoms with Crippen molar-refractivity contribution in [1.82, 2.24) is 20.1 Å². The van der Waals surface area contributed by atoms with Gasteiger partial charge >= 0.3 is 0 Å². The molecule has 0 aliphatic heterocycles. The Kier molecular flexibility index (Phi) is 4.46. The van der Waals surface area contributed by atoms with Crippen molar-refractivity contribution in [2.24, 2.45) is 12.8 Å². The summed E-state index contributed by atoms with van der Waals surface area (Å²) in [5, 5.41) is 10.7. The third kappa shape index (κ3) is 3.63. The van der Waals surface area contributed by atoms with Gasteiger partial charge < -0.3 is 11.1 Å². The first-order valence-electron chi connectivity index (χ1n) is 6.01. The van der Waals surface area contributed by atoms with Gasteiger partial charge in [0.25, 0.3) is 0 Å². The summed E-state index contributed by atoms with van der Waals surface area (Å²) in [4.78, 5) is 4.42. The van der Waals surface area contributed by atoms with Crippen LogP contribution in [0.25, 0.3) is 0 Å². The number of nitrogens with two attached hydrogens (primary N) is 1. The van der Waals surface area contributed by atoms with Crippen LogP contribution < -0.4 is 11.1 Å². The summed E-state index contributed by atoms with van der Waals surface area (Å²) in [6.45, 7) is 3.69. The van der Waals surface area contributed by atoms with Crippen LogP contribution >= 0.6 is 11.3 Å². The molecule has 0 aliphatic rings. The number of aromatic nitrogens is 3. The van der Waals surface area contributed by atoms with E-state index in [9.17, 15) is 0 Å². The van der Waals surface area contributed by atoms with Crippen molar-refractivity contribution in [1.29, 1.82) is 0 Å². The lowest BCUT2D eigenvalue weighted by atomic mass is 10.2. The van der Waals surface area contributed by atoms with Crippen LogP contribution in [0.15, 0.2) is 17.8 Å². The molecule has 98 valence electrons. The van der Waals surface area contributed by atoms with E-state index in [1.165, 1.54) is 0 Å². The average Bonchev–Trinajstić information content (AvgIpc) is 2.93. The van der Waals surface area contributed by atoms with E-state index in [-0.39, 0.29) is 6.04 Å². The topological polar surface area (TPSA) is 68.8 Å². The van der Waals surface area contributed by atoms with E-state index in [2.05, 4.69) is 20.8 Å². The monoisotopic (exact) mass is 265 g/mol. The maximum absolute atomic E-state index is 6.06. The van der Waals surface area contributed by atoms with Gasteiger partial charge in [-0.15, -0.1) is 11.3 Å². The summed E-state index contributed by atoms with van der Waals surface area (Å²) in [5.74, 6) is 0. The standard InChI is InChI=1S/C12H19N5S/c1-9-16-11(8-18-9)3-4-14-6-12(13)10-5-15-17(2)7-10/h5,7-8,12,14H,3-4,6,13H2,1-2H3. The first-order valence-corrected chi connectivity index (χ1v) is 6.89. The van der Waals surface area contributed by atoms with E-state index in [1.54, 1.807) is 16.0 Å². The maximum atomic E-state index is 6.06. The van der Waals surface area contributed by atoms with Gasteiger partial charge in [-0.2, -0.15) is 5.10 Å². The minimum absolute atomic E-state index is 0.00382. The molecule has 0 aliphatic carbocycles. The zero-order chi connectivity index (χ0) is 13.0. The zero-order valence-electron chi connectivity index (χ0n) is 10.8. The highest BCUT2D eigenvalue weighted by molar-refractivity contribution is 7.09. The molecule has 0 radical (unpaired) electrons. The molecule has 0 amide bonds. The van der Waals surface area contributed by atoms with Crippen molar-refractivity contribution in [3.8, 4) is 0 Å². The summed E-state index contributed by atoms with van der Waals surface area (Å²) in [5.41, 5.74) is 8.28. The van der Waals surface area contributed by atoms with Crippen LogP contribution in [0.1, 0.15) is 22.3 Å². The van der Waals surface area contributed by atoms with Crippen LogP contribution in [0.4, 0.5) is 0 Å². The Morgan fingerprint density at radius 2 is 2.39 bits per heavy atom. The number of aryl methyl sites for hydroxylation is 2. The van der Waals surface area contributed by atoms with E-state index in [4.69, 9.17) is 5.73 Å². The van der Waals surface area contributed by atoms with Gasteiger partial charge in [0, 0.05) is 49.7 Å². The summed E-state index contributed by atoms with van der Waals surface area (Å²) < 4.78 is 1.77. The Bertz CT molecular complexity index is 490. The maximum Gasteiger partial charge on any atom is 0.0897 e. The second kappa shape index (κ2) is 6.08. The normalized spacial score (nSPS) is 12.8. The number of hydrogen-bond acceptors (Lipinski definition) is 5. The van der Waals surface area contributed by atoms with Gasteiger partial charge in [0.1, 0.15) is 0 Å². The van der Waals surface area contributed by atoms with Crippen molar-refractivity contribution in [3.05, 3.63) is 34.0 Å². The fourth-order valence-electron chi connectivity index (χ4n) is 1.75. The highest BCUT2D eigenvalue weighted by Crippen LogP contribution is 2.09. The average molecular weight is 265 g/mol. The Hall–Kier alpha value is -1.24. The second-order valence-corrected chi connectivity index (χ2v) is 5.43. The van der Waals surface area contributed by atoms with Gasteiger partial charge in [-0.1, -0.05) is 0 Å². The first kappa shape index (κ1) is 13.2. The summed E-state index contributed by atoms with van der Waals surface area (Å²) in [6.07, 6.45) is 4.72. The smallest absolute Gasteiger partial charge is 0.0897 e. The molecule has 3 N–H and O–H groups in total. The van der Waals surface area contributed by atoms with Gasteiger partial charge in [0.2, 0.25) is 0 Å². The highest BCUT2D eigenvalue weighted by Gasteiger charge is 2.07. The Morgan fingerprint density at radius 1 is 1.56 bits per heavy atom. The fraction of sp³-hybridized carbons (Fsp3) is 0.500. The lowest BCUT2D eigenvalue weighted by Gasteiger charge is -2.10. The van der Waals surface area contributed by atoms with E-state index in [0.29, 0.717) is 0 Å². The van der Waals surface area contributed by atoms with Crippen molar-refractivity contribution in [2.45, 2.75) is 19.4 Å². The van der Waals surface area contributed by atoms with E-state index in [1.807, 2.05) is 26.4 Å². The molecule has 0 saturated carbocycles. The van der Waals surface area contributed by atoms with Crippen LogP contribution in [0.5, 0.6) is 0 Å². The van der Waals surface area contributed by atoms with E-state index in [0.717, 1.165) is 35.8 Å². The fourth-order valence-corrected chi connectivity index (χ4v) is 2.39. The van der Waals surface area contributed by atoms with Gasteiger partial charge in [0.05, 0.1) is 16.9 Å². The van der Waals surface area contributed by atoms with Crippen molar-refractivity contribution in [3.63, 3.8) is 0 Å². The predicted molar refractivity (Wildman–Crippen MR) is 73.6 cm³/mol. The van der Waals surface area contributed by atoms with Crippen LogP contribution in [0.3, 0.4) is 0 Å². The Morgan fingerprint density at radius 3 is 3.00 bits per heavy atom. The molecule has 0 bridgehead atoms. The van der Waals surface area contributed by atoms with Crippen LogP contribution in [0, 0.1) is 6.92 Å². The number of hydrogen-bond donors (Lipinski definition) is 2. The number of nitrogens with one attached hydrogen (secondary N) is 1. The molecule has 6 heteroatoms. The lowest BCUT2D eigenvalue weighted by Crippen LogP contribution is -2.28. The van der Waals surface area contributed by atoms with E-state index < -0.39 is 0 Å². The molecular formula is C12H19N5S. The van der Waals surface area contributed by atoms with Gasteiger partial charge in [0.15, 0.2) is 0 Å². The number of nitrogens with zero attached hydrogens (tertiary/aromatic N) is 3. The van der Waals surface area contributed by atoms with Gasteiger partial charge in [-0.05, 0) is 6.92 Å². The molecule has 5 nitrogen and oxygen atoms in total. The SMILES string of the molecule is Cc1nc(CCNCC(N)c2cnn(C)c2)cs1. The molecular weight excluding hydrogens is 246 g/mol. The summed E-state index contributed by atoms with van der Waals surface area (Å²) in [6, 6.07) is -0.00382. The van der Waals surface area contributed by atoms with Gasteiger partial charge in [-0.3, -0.25) is 4.68 Å². The molecule has 2 heterocycles. The molecule has 0 aromatic carbocycles. The first-order chi connectivity index (χ1) is 8.65. The molecule has 2 rings (SSSR count). The third-order valence-corrected chi connectivity index (χ3v) is 3.56. The van der Waals surface area contributed by atoms with Crippen molar-refractivity contribution in [2.75, 3.05) is 13.1 Å². The van der Waals surface area contributed by atoms with Crippen LogP contribution in [-0.2, 0) is 13.5 Å². The molecule has 2 aromatic rings. The lowest BCUT2D eigenvalue weighted by molar-refractivity contribution is 0.596. The minimum atomic E-state index is -0.00382. The quantitative estimate of drug-likeness (QED) is 0.765. The van der Waals surface area contributed by atoms with Crippen LogP contribution in [-0.4, -0.2) is 27.9 Å². The molecule has 18 heavy (non-hydrogen) atoms. The molecule has 1 unspecified atom stereocenters. The molecule has 0 fully saturated rings.